The first-order valence-electron chi connectivity index (χ1n) is 4.59. The predicted octanol–water partition coefficient (Wildman–Crippen LogP) is 2.67. The SMILES string of the molecule is CC(O)Cc1nc(Br)c2cccc(Cl)n12. The molecule has 1 unspecified atom stereocenters. The summed E-state index contributed by atoms with van der Waals surface area (Å²) in [6.07, 6.45) is 0.0509. The second kappa shape index (κ2) is 4.12. The van der Waals surface area contributed by atoms with Gasteiger partial charge in [0, 0.05) is 6.42 Å². The average molecular weight is 290 g/mol. The van der Waals surface area contributed by atoms with Gasteiger partial charge in [0.15, 0.2) is 0 Å². The van der Waals surface area contributed by atoms with Gasteiger partial charge >= 0.3 is 0 Å². The fourth-order valence-corrected chi connectivity index (χ4v) is 2.30. The van der Waals surface area contributed by atoms with E-state index in [1.54, 1.807) is 13.0 Å². The first-order chi connectivity index (χ1) is 7.09. The zero-order valence-electron chi connectivity index (χ0n) is 8.11. The second-order valence-corrected chi connectivity index (χ2v) is 4.58. The Morgan fingerprint density at radius 3 is 3.00 bits per heavy atom. The molecule has 0 fully saturated rings. The third-order valence-electron chi connectivity index (χ3n) is 2.12. The van der Waals surface area contributed by atoms with E-state index >= 15 is 0 Å². The number of imidazole rings is 1. The third-order valence-corrected chi connectivity index (χ3v) is 3.00. The number of aliphatic hydroxyl groups is 1. The normalized spacial score (nSPS) is 13.3. The standard InChI is InChI=1S/C10H10BrClN2O/c1-6(15)5-9-13-10(11)7-3-2-4-8(12)14(7)9/h2-4,6,15H,5H2,1H3. The summed E-state index contributed by atoms with van der Waals surface area (Å²) in [5, 5.41) is 9.95. The van der Waals surface area contributed by atoms with Gasteiger partial charge in [-0.1, -0.05) is 17.7 Å². The van der Waals surface area contributed by atoms with E-state index in [-0.39, 0.29) is 0 Å². The zero-order valence-corrected chi connectivity index (χ0v) is 10.5. The summed E-state index contributed by atoms with van der Waals surface area (Å²) in [5.74, 6) is 0.762. The van der Waals surface area contributed by atoms with E-state index in [0.29, 0.717) is 11.6 Å². The molecule has 5 heteroatoms. The molecule has 15 heavy (non-hydrogen) atoms. The minimum atomic E-state index is -0.432. The van der Waals surface area contributed by atoms with E-state index < -0.39 is 6.10 Å². The predicted molar refractivity (Wildman–Crippen MR) is 63.3 cm³/mol. The van der Waals surface area contributed by atoms with Crippen molar-refractivity contribution >= 4 is 33.0 Å². The van der Waals surface area contributed by atoms with E-state index in [1.807, 2.05) is 16.5 Å². The summed E-state index contributed by atoms with van der Waals surface area (Å²) < 4.78 is 2.58. The van der Waals surface area contributed by atoms with Gasteiger partial charge in [-0.05, 0) is 35.0 Å². The van der Waals surface area contributed by atoms with Crippen LogP contribution >= 0.6 is 27.5 Å². The molecule has 0 aliphatic carbocycles. The van der Waals surface area contributed by atoms with Gasteiger partial charge in [-0.15, -0.1) is 0 Å². The summed E-state index contributed by atoms with van der Waals surface area (Å²) in [6.45, 7) is 1.73. The van der Waals surface area contributed by atoms with Crippen molar-refractivity contribution in [3.63, 3.8) is 0 Å². The first kappa shape index (κ1) is 10.9. The number of pyridine rings is 1. The Kier molecular flexibility index (Phi) is 3.00. The van der Waals surface area contributed by atoms with Crippen molar-refractivity contribution in [3.8, 4) is 0 Å². The molecule has 2 aromatic rings. The number of hydrogen-bond donors (Lipinski definition) is 1. The van der Waals surface area contributed by atoms with Gasteiger partial charge in [0.25, 0.3) is 0 Å². The highest BCUT2D eigenvalue weighted by Crippen LogP contribution is 2.23. The van der Waals surface area contributed by atoms with Crippen LogP contribution in [0.25, 0.3) is 5.52 Å². The second-order valence-electron chi connectivity index (χ2n) is 3.44. The lowest BCUT2D eigenvalue weighted by atomic mass is 10.3. The van der Waals surface area contributed by atoms with Crippen LogP contribution in [-0.4, -0.2) is 20.6 Å². The summed E-state index contributed by atoms with van der Waals surface area (Å²) in [4.78, 5) is 4.33. The van der Waals surface area contributed by atoms with E-state index in [1.165, 1.54) is 0 Å². The number of aromatic nitrogens is 2. The van der Waals surface area contributed by atoms with Crippen molar-refractivity contribution in [1.29, 1.82) is 0 Å². The maximum Gasteiger partial charge on any atom is 0.132 e. The van der Waals surface area contributed by atoms with Gasteiger partial charge in [-0.3, -0.25) is 4.40 Å². The highest BCUT2D eigenvalue weighted by Gasteiger charge is 2.12. The van der Waals surface area contributed by atoms with Crippen molar-refractivity contribution in [2.45, 2.75) is 19.4 Å². The fraction of sp³-hybridized carbons (Fsp3) is 0.300. The van der Waals surface area contributed by atoms with Crippen LogP contribution < -0.4 is 0 Å². The maximum absolute atomic E-state index is 9.35. The van der Waals surface area contributed by atoms with Crippen molar-refractivity contribution in [3.05, 3.63) is 33.8 Å². The van der Waals surface area contributed by atoms with Gasteiger partial charge in [0.1, 0.15) is 15.6 Å². The van der Waals surface area contributed by atoms with E-state index in [4.69, 9.17) is 11.6 Å². The van der Waals surface area contributed by atoms with Crippen LogP contribution in [0, 0.1) is 0 Å². The Hall–Kier alpha value is -0.580. The van der Waals surface area contributed by atoms with Crippen LogP contribution in [0.4, 0.5) is 0 Å². The van der Waals surface area contributed by atoms with E-state index in [0.717, 1.165) is 15.9 Å². The Bertz CT molecular complexity index is 495. The van der Waals surface area contributed by atoms with Crippen molar-refractivity contribution in [1.82, 2.24) is 9.38 Å². The first-order valence-corrected chi connectivity index (χ1v) is 5.76. The summed E-state index contributed by atoms with van der Waals surface area (Å²) in [6, 6.07) is 5.60. The molecule has 1 N–H and O–H groups in total. The van der Waals surface area contributed by atoms with Gasteiger partial charge < -0.3 is 5.11 Å². The molecule has 80 valence electrons. The summed E-state index contributed by atoms with van der Waals surface area (Å²) in [5.41, 5.74) is 0.915. The lowest BCUT2D eigenvalue weighted by Crippen LogP contribution is -2.08. The minimum Gasteiger partial charge on any atom is -0.393 e. The molecular weight excluding hydrogens is 279 g/mol. The number of fused-ring (bicyclic) bond motifs is 1. The van der Waals surface area contributed by atoms with Crippen LogP contribution in [0.3, 0.4) is 0 Å². The molecule has 0 saturated heterocycles. The summed E-state index contributed by atoms with van der Waals surface area (Å²) in [7, 11) is 0. The lowest BCUT2D eigenvalue weighted by molar-refractivity contribution is 0.192. The van der Waals surface area contributed by atoms with Crippen LogP contribution in [0.5, 0.6) is 0 Å². The number of rotatable bonds is 2. The van der Waals surface area contributed by atoms with Crippen molar-refractivity contribution in [2.24, 2.45) is 0 Å². The molecule has 0 aliphatic rings. The third kappa shape index (κ3) is 2.02. The van der Waals surface area contributed by atoms with Crippen molar-refractivity contribution in [2.75, 3.05) is 0 Å². The Morgan fingerprint density at radius 2 is 2.33 bits per heavy atom. The molecule has 0 amide bonds. The van der Waals surface area contributed by atoms with Crippen LogP contribution in [-0.2, 0) is 6.42 Å². The van der Waals surface area contributed by atoms with E-state index in [2.05, 4.69) is 20.9 Å². The monoisotopic (exact) mass is 288 g/mol. The molecule has 3 nitrogen and oxygen atoms in total. The molecule has 0 aliphatic heterocycles. The maximum atomic E-state index is 9.35. The molecule has 0 aromatic carbocycles. The van der Waals surface area contributed by atoms with Gasteiger partial charge in [0.05, 0.1) is 11.6 Å². The van der Waals surface area contributed by atoms with Crippen LogP contribution in [0.1, 0.15) is 12.7 Å². The molecule has 0 bridgehead atoms. The van der Waals surface area contributed by atoms with Crippen LogP contribution in [0.15, 0.2) is 22.8 Å². The number of hydrogen-bond acceptors (Lipinski definition) is 2. The molecular formula is C10H10BrClN2O. The lowest BCUT2D eigenvalue weighted by Gasteiger charge is -2.04. The smallest absolute Gasteiger partial charge is 0.132 e. The number of nitrogens with zero attached hydrogens (tertiary/aromatic N) is 2. The van der Waals surface area contributed by atoms with Gasteiger partial charge in [-0.25, -0.2) is 4.98 Å². The molecule has 0 radical (unpaired) electrons. The minimum absolute atomic E-state index is 0.432. The van der Waals surface area contributed by atoms with Crippen molar-refractivity contribution < 1.29 is 5.11 Å². The average Bonchev–Trinajstić information content (AvgIpc) is 2.44. The topological polar surface area (TPSA) is 37.5 Å². The molecule has 1 atom stereocenters. The quantitative estimate of drug-likeness (QED) is 0.863. The molecule has 0 spiro atoms. The zero-order chi connectivity index (χ0) is 11.0. The molecule has 2 aromatic heterocycles. The molecule has 2 rings (SSSR count). The highest BCUT2D eigenvalue weighted by molar-refractivity contribution is 9.10. The van der Waals surface area contributed by atoms with Gasteiger partial charge in [0.2, 0.25) is 0 Å². The van der Waals surface area contributed by atoms with Gasteiger partial charge in [-0.2, -0.15) is 0 Å². The Balaban J connectivity index is 2.65. The highest BCUT2D eigenvalue weighted by atomic mass is 79.9. The number of aliphatic hydroxyl groups excluding tert-OH is 1. The number of halogens is 2. The Labute approximate surface area is 101 Å². The molecule has 0 saturated carbocycles. The Morgan fingerprint density at radius 1 is 1.60 bits per heavy atom. The van der Waals surface area contributed by atoms with E-state index in [9.17, 15) is 5.11 Å². The molecule has 2 heterocycles. The van der Waals surface area contributed by atoms with Crippen LogP contribution in [0.2, 0.25) is 5.15 Å². The fourth-order valence-electron chi connectivity index (χ4n) is 1.53. The summed E-state index contributed by atoms with van der Waals surface area (Å²) >= 11 is 9.45. The largest absolute Gasteiger partial charge is 0.393 e.